The average Bonchev–Trinajstić information content (AvgIpc) is 2.53. The summed E-state index contributed by atoms with van der Waals surface area (Å²) in [5.41, 5.74) is -0.444. The minimum Gasteiger partial charge on any atom is -0.492 e. The van der Waals surface area contributed by atoms with Crippen molar-refractivity contribution in [2.75, 3.05) is 18.5 Å². The number of ether oxygens (including phenoxy) is 1. The predicted octanol–water partition coefficient (Wildman–Crippen LogP) is 3.30. The molecule has 4 nitrogen and oxygen atoms in total. The molecule has 0 aliphatic heterocycles. The highest BCUT2D eigenvalue weighted by molar-refractivity contribution is 5.89. The molecule has 2 aromatic carbocycles. The number of halogens is 3. The maximum atomic E-state index is 13.4. The van der Waals surface area contributed by atoms with E-state index in [-0.39, 0.29) is 13.2 Å². The highest BCUT2D eigenvalue weighted by Gasteiger charge is 2.14. The molecule has 0 aliphatic carbocycles. The molecule has 7 heteroatoms. The van der Waals surface area contributed by atoms with Gasteiger partial charge in [0.05, 0.1) is 12.2 Å². The zero-order valence-corrected chi connectivity index (χ0v) is 11.4. The van der Waals surface area contributed by atoms with E-state index in [2.05, 4.69) is 10.6 Å². The lowest BCUT2D eigenvalue weighted by atomic mass is 10.3. The van der Waals surface area contributed by atoms with Crippen LogP contribution in [0.25, 0.3) is 0 Å². The summed E-state index contributed by atoms with van der Waals surface area (Å²) in [6.07, 6.45) is 0. The van der Waals surface area contributed by atoms with Gasteiger partial charge in [-0.15, -0.1) is 0 Å². The van der Waals surface area contributed by atoms with Gasteiger partial charge in [0, 0.05) is 0 Å². The Bertz CT molecular complexity index is 651. The van der Waals surface area contributed by atoms with Crippen LogP contribution in [-0.2, 0) is 0 Å². The molecule has 2 N–H and O–H groups in total. The molecule has 22 heavy (non-hydrogen) atoms. The molecule has 2 rings (SSSR count). The molecule has 0 unspecified atom stereocenters. The molecule has 0 saturated carbocycles. The Morgan fingerprint density at radius 1 is 1.00 bits per heavy atom. The van der Waals surface area contributed by atoms with Crippen LogP contribution in [-0.4, -0.2) is 19.2 Å². The van der Waals surface area contributed by atoms with E-state index >= 15 is 0 Å². The number of carbonyl (C=O) groups excluding carboxylic acids is 1. The fourth-order valence-electron chi connectivity index (χ4n) is 1.64. The average molecular weight is 310 g/mol. The number of benzene rings is 2. The van der Waals surface area contributed by atoms with Gasteiger partial charge in [-0.1, -0.05) is 18.2 Å². The minimum atomic E-state index is -1.63. The van der Waals surface area contributed by atoms with Gasteiger partial charge >= 0.3 is 6.03 Å². The molecule has 2 aromatic rings. The minimum absolute atomic E-state index is 0.159. The Balaban J connectivity index is 1.78. The molecular formula is C15H13F3N2O2. The summed E-state index contributed by atoms with van der Waals surface area (Å²) in [5.74, 6) is -3.75. The van der Waals surface area contributed by atoms with Crippen molar-refractivity contribution in [1.82, 2.24) is 5.32 Å². The standard InChI is InChI=1S/C15H13F3N2O2/c16-11-6-7-12(14(18)13(11)17)20-15(21)19-8-9-22-10-4-2-1-3-5-10/h1-7H,8-9H2,(H2,19,20,21). The first-order chi connectivity index (χ1) is 10.6. The van der Waals surface area contributed by atoms with Gasteiger partial charge in [-0.3, -0.25) is 0 Å². The molecular weight excluding hydrogens is 297 g/mol. The molecule has 0 aliphatic rings. The molecule has 0 radical (unpaired) electrons. The maximum absolute atomic E-state index is 13.4. The summed E-state index contributed by atoms with van der Waals surface area (Å²) in [7, 11) is 0. The highest BCUT2D eigenvalue weighted by atomic mass is 19.2. The van der Waals surface area contributed by atoms with Crippen LogP contribution in [0.2, 0.25) is 0 Å². The summed E-state index contributed by atoms with van der Waals surface area (Å²) < 4.78 is 44.4. The molecule has 0 spiro atoms. The van der Waals surface area contributed by atoms with Gasteiger partial charge in [0.15, 0.2) is 17.5 Å². The number of hydrogen-bond acceptors (Lipinski definition) is 2. The van der Waals surface area contributed by atoms with Crippen LogP contribution in [0, 0.1) is 17.5 Å². The van der Waals surface area contributed by atoms with Gasteiger partial charge in [0.25, 0.3) is 0 Å². The Morgan fingerprint density at radius 3 is 2.45 bits per heavy atom. The number of amides is 2. The lowest BCUT2D eigenvalue weighted by Crippen LogP contribution is -2.32. The van der Waals surface area contributed by atoms with Crippen LogP contribution >= 0.6 is 0 Å². The van der Waals surface area contributed by atoms with Crippen molar-refractivity contribution < 1.29 is 22.7 Å². The van der Waals surface area contributed by atoms with Crippen LogP contribution < -0.4 is 15.4 Å². The van der Waals surface area contributed by atoms with Crippen molar-refractivity contribution in [3.8, 4) is 5.75 Å². The maximum Gasteiger partial charge on any atom is 0.319 e. The van der Waals surface area contributed by atoms with Gasteiger partial charge in [-0.25, -0.2) is 18.0 Å². The first-order valence-corrected chi connectivity index (χ1v) is 6.44. The first kappa shape index (κ1) is 15.7. The molecule has 116 valence electrons. The summed E-state index contributed by atoms with van der Waals surface area (Å²) in [6, 6.07) is 9.90. The van der Waals surface area contributed by atoms with Crippen molar-refractivity contribution in [1.29, 1.82) is 0 Å². The van der Waals surface area contributed by atoms with E-state index in [0.29, 0.717) is 5.75 Å². The Labute approximate surface area is 124 Å². The van der Waals surface area contributed by atoms with Crippen molar-refractivity contribution in [2.24, 2.45) is 0 Å². The summed E-state index contributed by atoms with van der Waals surface area (Å²) in [4.78, 5) is 11.5. The molecule has 0 atom stereocenters. The van der Waals surface area contributed by atoms with E-state index in [1.54, 1.807) is 24.3 Å². The van der Waals surface area contributed by atoms with Crippen LogP contribution in [0.5, 0.6) is 5.75 Å². The molecule has 0 aromatic heterocycles. The van der Waals surface area contributed by atoms with Crippen molar-refractivity contribution in [3.63, 3.8) is 0 Å². The van der Waals surface area contributed by atoms with Crippen molar-refractivity contribution in [2.45, 2.75) is 0 Å². The summed E-state index contributed by atoms with van der Waals surface area (Å²) in [6.45, 7) is 0.365. The van der Waals surface area contributed by atoms with Gasteiger partial charge in [-0.05, 0) is 24.3 Å². The van der Waals surface area contributed by atoms with Crippen molar-refractivity contribution >= 4 is 11.7 Å². The number of urea groups is 1. The lowest BCUT2D eigenvalue weighted by Gasteiger charge is -2.10. The number of anilines is 1. The molecule has 0 fully saturated rings. The van der Waals surface area contributed by atoms with E-state index in [4.69, 9.17) is 4.74 Å². The fourth-order valence-corrected chi connectivity index (χ4v) is 1.64. The van der Waals surface area contributed by atoms with Crippen LogP contribution in [0.3, 0.4) is 0 Å². The third-order valence-electron chi connectivity index (χ3n) is 2.68. The third kappa shape index (κ3) is 4.15. The van der Waals surface area contributed by atoms with Crippen molar-refractivity contribution in [3.05, 3.63) is 59.9 Å². The second kappa shape index (κ2) is 7.35. The quantitative estimate of drug-likeness (QED) is 0.657. The monoisotopic (exact) mass is 310 g/mol. The largest absolute Gasteiger partial charge is 0.492 e. The number of nitrogens with one attached hydrogen (secondary N) is 2. The number of para-hydroxylation sites is 1. The topological polar surface area (TPSA) is 50.4 Å². The zero-order chi connectivity index (χ0) is 15.9. The highest BCUT2D eigenvalue weighted by Crippen LogP contribution is 2.19. The molecule has 2 amide bonds. The second-order valence-corrected chi connectivity index (χ2v) is 4.27. The first-order valence-electron chi connectivity index (χ1n) is 6.44. The molecule has 0 bridgehead atoms. The van der Waals surface area contributed by atoms with Crippen LogP contribution in [0.4, 0.5) is 23.7 Å². The van der Waals surface area contributed by atoms with Gasteiger partial charge in [-0.2, -0.15) is 0 Å². The molecule has 0 heterocycles. The van der Waals surface area contributed by atoms with E-state index in [9.17, 15) is 18.0 Å². The van der Waals surface area contributed by atoms with Gasteiger partial charge in [0.1, 0.15) is 12.4 Å². The van der Waals surface area contributed by atoms with E-state index in [1.165, 1.54) is 0 Å². The zero-order valence-electron chi connectivity index (χ0n) is 11.4. The van der Waals surface area contributed by atoms with Crippen LogP contribution in [0.15, 0.2) is 42.5 Å². The number of hydrogen-bond donors (Lipinski definition) is 2. The smallest absolute Gasteiger partial charge is 0.319 e. The van der Waals surface area contributed by atoms with Gasteiger partial charge in [0.2, 0.25) is 0 Å². The Hall–Kier alpha value is -2.70. The lowest BCUT2D eigenvalue weighted by molar-refractivity contribution is 0.247. The SMILES string of the molecule is O=C(NCCOc1ccccc1)Nc1ccc(F)c(F)c1F. The molecule has 0 saturated heterocycles. The third-order valence-corrected chi connectivity index (χ3v) is 2.68. The van der Waals surface area contributed by atoms with E-state index in [1.807, 2.05) is 6.07 Å². The normalized spacial score (nSPS) is 10.1. The van der Waals surface area contributed by atoms with Crippen LogP contribution in [0.1, 0.15) is 0 Å². The summed E-state index contributed by atoms with van der Waals surface area (Å²) in [5, 5.41) is 4.49. The van der Waals surface area contributed by atoms with Gasteiger partial charge < -0.3 is 15.4 Å². The predicted molar refractivity (Wildman–Crippen MR) is 75.3 cm³/mol. The Morgan fingerprint density at radius 2 is 1.73 bits per heavy atom. The second-order valence-electron chi connectivity index (χ2n) is 4.27. The fraction of sp³-hybridized carbons (Fsp3) is 0.133. The number of carbonyl (C=O) groups is 1. The van der Waals surface area contributed by atoms with E-state index in [0.717, 1.165) is 12.1 Å². The summed E-state index contributed by atoms with van der Waals surface area (Å²) >= 11 is 0. The Kier molecular flexibility index (Phi) is 5.24. The number of rotatable bonds is 5. The van der Waals surface area contributed by atoms with E-state index < -0.39 is 29.2 Å².